The molecule has 1 N–H and O–H groups in total. The maximum atomic E-state index is 11.0. The van der Waals surface area contributed by atoms with Gasteiger partial charge >= 0.3 is 5.97 Å². The molecule has 0 unspecified atom stereocenters. The van der Waals surface area contributed by atoms with Crippen molar-refractivity contribution in [1.82, 2.24) is 9.97 Å². The van der Waals surface area contributed by atoms with E-state index in [0.29, 0.717) is 6.04 Å². The molecular formula is C14H21N3O2. The first kappa shape index (κ1) is 13.8. The molecule has 0 aliphatic heterocycles. The number of aryl methyl sites for hydroxylation is 2. The highest BCUT2D eigenvalue weighted by Crippen LogP contribution is 2.28. The van der Waals surface area contributed by atoms with Gasteiger partial charge in [0.1, 0.15) is 0 Å². The zero-order chi connectivity index (χ0) is 14.0. The van der Waals surface area contributed by atoms with E-state index in [4.69, 9.17) is 5.11 Å². The van der Waals surface area contributed by atoms with Crippen LogP contribution in [0.25, 0.3) is 0 Å². The van der Waals surface area contributed by atoms with Gasteiger partial charge < -0.3 is 10.0 Å². The molecule has 0 bridgehead atoms. The second-order valence-corrected chi connectivity index (χ2v) is 5.41. The summed E-state index contributed by atoms with van der Waals surface area (Å²) in [5.74, 6) is -0.0927. The van der Waals surface area contributed by atoms with Crippen molar-refractivity contribution >= 4 is 11.9 Å². The molecule has 1 aromatic heterocycles. The van der Waals surface area contributed by atoms with Gasteiger partial charge in [0.05, 0.1) is 5.92 Å². The second-order valence-electron chi connectivity index (χ2n) is 5.41. The van der Waals surface area contributed by atoms with Crippen LogP contribution >= 0.6 is 0 Å². The van der Waals surface area contributed by atoms with E-state index in [2.05, 4.69) is 14.9 Å². The minimum atomic E-state index is -0.663. The first-order chi connectivity index (χ1) is 8.97. The van der Waals surface area contributed by atoms with E-state index in [1.54, 1.807) is 0 Å². The summed E-state index contributed by atoms with van der Waals surface area (Å²) in [4.78, 5) is 22.0. The summed E-state index contributed by atoms with van der Waals surface area (Å²) in [6, 6.07) is 2.30. The lowest BCUT2D eigenvalue weighted by molar-refractivity contribution is -0.142. The fourth-order valence-electron chi connectivity index (χ4n) is 2.74. The Hall–Kier alpha value is -1.65. The Morgan fingerprint density at radius 3 is 2.21 bits per heavy atom. The SMILES string of the molecule is Cc1cc(C)nc(N(C)C2CCC(C(=O)O)CC2)n1. The number of aromatic nitrogens is 2. The predicted octanol–water partition coefficient (Wildman–Crippen LogP) is 2.17. The Morgan fingerprint density at radius 2 is 1.74 bits per heavy atom. The van der Waals surface area contributed by atoms with Crippen LogP contribution < -0.4 is 4.90 Å². The lowest BCUT2D eigenvalue weighted by atomic mass is 9.85. The maximum absolute atomic E-state index is 11.0. The summed E-state index contributed by atoms with van der Waals surface area (Å²) in [7, 11) is 2.00. The number of carboxylic acids is 1. The van der Waals surface area contributed by atoms with Crippen molar-refractivity contribution in [3.63, 3.8) is 0 Å². The van der Waals surface area contributed by atoms with Crippen molar-refractivity contribution in [2.24, 2.45) is 5.92 Å². The number of aliphatic carboxylic acids is 1. The molecule has 5 heteroatoms. The van der Waals surface area contributed by atoms with E-state index in [1.807, 2.05) is 27.0 Å². The molecular weight excluding hydrogens is 242 g/mol. The minimum Gasteiger partial charge on any atom is -0.481 e. The van der Waals surface area contributed by atoms with Gasteiger partial charge in [-0.3, -0.25) is 4.79 Å². The zero-order valence-corrected chi connectivity index (χ0v) is 11.8. The monoisotopic (exact) mass is 263 g/mol. The molecule has 1 aliphatic carbocycles. The van der Waals surface area contributed by atoms with E-state index < -0.39 is 5.97 Å². The Balaban J connectivity index is 2.04. The lowest BCUT2D eigenvalue weighted by Gasteiger charge is -2.33. The maximum Gasteiger partial charge on any atom is 0.306 e. The normalized spacial score (nSPS) is 23.1. The molecule has 0 radical (unpaired) electrons. The molecule has 104 valence electrons. The molecule has 1 aromatic rings. The number of hydrogen-bond donors (Lipinski definition) is 1. The van der Waals surface area contributed by atoms with Gasteiger partial charge in [-0.2, -0.15) is 0 Å². The Morgan fingerprint density at radius 1 is 1.21 bits per heavy atom. The summed E-state index contributed by atoms with van der Waals surface area (Å²) in [6.07, 6.45) is 3.28. The molecule has 5 nitrogen and oxygen atoms in total. The number of anilines is 1. The molecule has 0 saturated heterocycles. The third-order valence-corrected chi connectivity index (χ3v) is 3.88. The van der Waals surface area contributed by atoms with Gasteiger partial charge in [-0.25, -0.2) is 9.97 Å². The Kier molecular flexibility index (Phi) is 4.02. The third kappa shape index (κ3) is 3.22. The van der Waals surface area contributed by atoms with Crippen LogP contribution in [-0.4, -0.2) is 34.1 Å². The molecule has 1 fully saturated rings. The molecule has 19 heavy (non-hydrogen) atoms. The molecule has 0 spiro atoms. The highest BCUT2D eigenvalue weighted by molar-refractivity contribution is 5.70. The Labute approximate surface area is 113 Å². The largest absolute Gasteiger partial charge is 0.481 e. The lowest BCUT2D eigenvalue weighted by Crippen LogP contribution is -2.37. The summed E-state index contributed by atoms with van der Waals surface area (Å²) >= 11 is 0. The minimum absolute atomic E-state index is 0.176. The molecule has 0 aromatic carbocycles. The summed E-state index contributed by atoms with van der Waals surface area (Å²) < 4.78 is 0. The number of carbonyl (C=O) groups is 1. The van der Waals surface area contributed by atoms with Crippen molar-refractivity contribution < 1.29 is 9.90 Å². The van der Waals surface area contributed by atoms with Crippen molar-refractivity contribution in [3.05, 3.63) is 17.5 Å². The van der Waals surface area contributed by atoms with E-state index in [1.165, 1.54) is 0 Å². The number of nitrogens with zero attached hydrogens (tertiary/aromatic N) is 3. The van der Waals surface area contributed by atoms with Crippen molar-refractivity contribution in [2.75, 3.05) is 11.9 Å². The first-order valence-corrected chi connectivity index (χ1v) is 6.75. The molecule has 0 atom stereocenters. The number of rotatable bonds is 3. The average Bonchev–Trinajstić information content (AvgIpc) is 2.37. The summed E-state index contributed by atoms with van der Waals surface area (Å²) in [5, 5.41) is 9.01. The molecule has 0 amide bonds. The topological polar surface area (TPSA) is 66.3 Å². The van der Waals surface area contributed by atoms with Crippen LogP contribution in [-0.2, 0) is 4.79 Å². The van der Waals surface area contributed by atoms with E-state index in [9.17, 15) is 4.79 Å². The van der Waals surface area contributed by atoms with Crippen LogP contribution in [0.4, 0.5) is 5.95 Å². The number of hydrogen-bond acceptors (Lipinski definition) is 4. The fraction of sp³-hybridized carbons (Fsp3) is 0.643. The average molecular weight is 263 g/mol. The van der Waals surface area contributed by atoms with Crippen molar-refractivity contribution in [1.29, 1.82) is 0 Å². The van der Waals surface area contributed by atoms with Crippen LogP contribution in [0, 0.1) is 19.8 Å². The van der Waals surface area contributed by atoms with Crippen LogP contribution in [0.15, 0.2) is 6.07 Å². The standard InChI is InChI=1S/C14H21N3O2/c1-9-8-10(2)16-14(15-9)17(3)12-6-4-11(5-7-12)13(18)19/h8,11-12H,4-7H2,1-3H3,(H,18,19). The van der Waals surface area contributed by atoms with Gasteiger partial charge in [0.15, 0.2) is 0 Å². The van der Waals surface area contributed by atoms with E-state index in [-0.39, 0.29) is 5.92 Å². The highest BCUT2D eigenvalue weighted by atomic mass is 16.4. The van der Waals surface area contributed by atoms with Crippen LogP contribution in [0.3, 0.4) is 0 Å². The number of carboxylic acid groups (broad SMARTS) is 1. The van der Waals surface area contributed by atoms with Gasteiger partial charge in [0.2, 0.25) is 5.95 Å². The van der Waals surface area contributed by atoms with Gasteiger partial charge in [0.25, 0.3) is 0 Å². The smallest absolute Gasteiger partial charge is 0.306 e. The predicted molar refractivity (Wildman–Crippen MR) is 73.3 cm³/mol. The highest BCUT2D eigenvalue weighted by Gasteiger charge is 2.28. The third-order valence-electron chi connectivity index (χ3n) is 3.88. The first-order valence-electron chi connectivity index (χ1n) is 6.75. The van der Waals surface area contributed by atoms with Crippen LogP contribution in [0.2, 0.25) is 0 Å². The van der Waals surface area contributed by atoms with Gasteiger partial charge in [-0.05, 0) is 45.6 Å². The molecule has 2 rings (SSSR count). The summed E-state index contributed by atoms with van der Waals surface area (Å²) in [5.41, 5.74) is 1.93. The molecule has 1 aliphatic rings. The van der Waals surface area contributed by atoms with Crippen molar-refractivity contribution in [2.45, 2.75) is 45.6 Å². The van der Waals surface area contributed by atoms with E-state index >= 15 is 0 Å². The molecule has 1 saturated carbocycles. The quantitative estimate of drug-likeness (QED) is 0.905. The van der Waals surface area contributed by atoms with E-state index in [0.717, 1.165) is 43.0 Å². The van der Waals surface area contributed by atoms with Crippen LogP contribution in [0.5, 0.6) is 0 Å². The van der Waals surface area contributed by atoms with Gasteiger partial charge in [0, 0.05) is 24.5 Å². The summed E-state index contributed by atoms with van der Waals surface area (Å²) in [6.45, 7) is 3.93. The van der Waals surface area contributed by atoms with Gasteiger partial charge in [-0.15, -0.1) is 0 Å². The zero-order valence-electron chi connectivity index (χ0n) is 11.8. The molecule has 1 heterocycles. The van der Waals surface area contributed by atoms with Crippen LogP contribution in [0.1, 0.15) is 37.1 Å². The second kappa shape index (κ2) is 5.55. The Bertz CT molecular complexity index is 448. The fourth-order valence-corrected chi connectivity index (χ4v) is 2.74. The van der Waals surface area contributed by atoms with Crippen molar-refractivity contribution in [3.8, 4) is 0 Å². The van der Waals surface area contributed by atoms with Gasteiger partial charge in [-0.1, -0.05) is 0 Å².